The van der Waals surface area contributed by atoms with Crippen LogP contribution in [0.4, 0.5) is 5.69 Å². The van der Waals surface area contributed by atoms with Crippen molar-refractivity contribution in [3.05, 3.63) is 106 Å². The molecule has 3 heterocycles. The Balaban J connectivity index is 1.51. The van der Waals surface area contributed by atoms with E-state index >= 15 is 0 Å². The van der Waals surface area contributed by atoms with Gasteiger partial charge < -0.3 is 20.5 Å². The molecule has 1 fully saturated rings. The van der Waals surface area contributed by atoms with Crippen LogP contribution in [0.15, 0.2) is 78.9 Å². The standard InChI is InChI=1S/C29H30N4O6/c34-24-17-30-28(35)22(15-19-7-3-1-4-8-19)31-29(36)27-26(13-14-32(27)18-20-9-5-2-6-10-20)39-25-12-11-21(24)16-23(25)33(37)38/h1-12,16,22,24,26-27,34H,13-15,17-18H2,(H,30,35)(H,31,36)/t22-,24+,26+,27+/m1/s1. The minimum Gasteiger partial charge on any atom is -0.481 e. The number of nitro benzene ring substituents is 1. The van der Waals surface area contributed by atoms with E-state index < -0.39 is 41.0 Å². The number of ether oxygens (including phenoxy) is 1. The normalized spacial score (nSPS) is 23.7. The molecule has 0 radical (unpaired) electrons. The Morgan fingerprint density at radius 1 is 0.974 bits per heavy atom. The molecule has 2 bridgehead atoms. The molecule has 2 amide bonds. The van der Waals surface area contributed by atoms with Crippen molar-refractivity contribution in [3.8, 4) is 5.75 Å². The molecule has 3 aliphatic rings. The van der Waals surface area contributed by atoms with Crippen molar-refractivity contribution in [2.45, 2.75) is 43.7 Å². The third kappa shape index (κ3) is 6.08. The van der Waals surface area contributed by atoms with Gasteiger partial charge in [0.15, 0.2) is 5.75 Å². The van der Waals surface area contributed by atoms with E-state index in [0.717, 1.165) is 11.1 Å². The summed E-state index contributed by atoms with van der Waals surface area (Å²) < 4.78 is 6.16. The van der Waals surface area contributed by atoms with Crippen LogP contribution in [0.5, 0.6) is 5.75 Å². The summed E-state index contributed by atoms with van der Waals surface area (Å²) in [4.78, 5) is 40.4. The summed E-state index contributed by atoms with van der Waals surface area (Å²) in [6, 6.07) is 21.6. The fourth-order valence-electron chi connectivity index (χ4n) is 5.18. The molecule has 39 heavy (non-hydrogen) atoms. The van der Waals surface area contributed by atoms with Gasteiger partial charge in [-0.15, -0.1) is 0 Å². The van der Waals surface area contributed by atoms with E-state index in [4.69, 9.17) is 4.74 Å². The number of rotatable bonds is 5. The van der Waals surface area contributed by atoms with Gasteiger partial charge in [-0.1, -0.05) is 66.7 Å². The van der Waals surface area contributed by atoms with Gasteiger partial charge in [-0.25, -0.2) is 0 Å². The Hall–Kier alpha value is -4.28. The van der Waals surface area contributed by atoms with Gasteiger partial charge in [0.25, 0.3) is 0 Å². The molecule has 3 aromatic carbocycles. The number of carbonyl (C=O) groups is 2. The highest BCUT2D eigenvalue weighted by Crippen LogP contribution is 2.34. The zero-order valence-electron chi connectivity index (χ0n) is 21.2. The van der Waals surface area contributed by atoms with Gasteiger partial charge in [0.05, 0.1) is 11.0 Å². The number of likely N-dealkylation sites (tertiary alicyclic amines) is 1. The highest BCUT2D eigenvalue weighted by atomic mass is 16.6. The number of hydrogen-bond donors (Lipinski definition) is 3. The first-order valence-electron chi connectivity index (χ1n) is 12.9. The van der Waals surface area contributed by atoms with E-state index in [0.29, 0.717) is 19.5 Å². The molecule has 4 atom stereocenters. The van der Waals surface area contributed by atoms with E-state index in [1.54, 1.807) is 0 Å². The van der Waals surface area contributed by atoms with Crippen molar-refractivity contribution in [3.63, 3.8) is 0 Å². The number of benzene rings is 3. The van der Waals surface area contributed by atoms with Gasteiger partial charge in [0, 0.05) is 32.1 Å². The molecule has 3 aromatic rings. The average Bonchev–Trinajstić information content (AvgIpc) is 3.33. The first-order valence-corrected chi connectivity index (χ1v) is 12.9. The minimum absolute atomic E-state index is 0.0299. The summed E-state index contributed by atoms with van der Waals surface area (Å²) in [5.41, 5.74) is 1.85. The predicted molar refractivity (Wildman–Crippen MR) is 143 cm³/mol. The zero-order chi connectivity index (χ0) is 27.4. The Morgan fingerprint density at radius 2 is 1.67 bits per heavy atom. The van der Waals surface area contributed by atoms with E-state index in [1.165, 1.54) is 18.2 Å². The summed E-state index contributed by atoms with van der Waals surface area (Å²) in [5, 5.41) is 28.1. The number of nitrogens with zero attached hydrogens (tertiary/aromatic N) is 2. The number of nitro groups is 1. The summed E-state index contributed by atoms with van der Waals surface area (Å²) in [5.74, 6) is -0.830. The molecule has 6 rings (SSSR count). The van der Waals surface area contributed by atoms with Gasteiger partial charge in [-0.05, 0) is 29.2 Å². The third-order valence-electron chi connectivity index (χ3n) is 7.17. The van der Waals surface area contributed by atoms with Crippen LogP contribution < -0.4 is 15.4 Å². The van der Waals surface area contributed by atoms with E-state index in [9.17, 15) is 24.8 Å². The van der Waals surface area contributed by atoms with E-state index in [2.05, 4.69) is 10.6 Å². The predicted octanol–water partition coefficient (Wildman–Crippen LogP) is 2.51. The SMILES string of the molecule is O=C1N[C@H](Cc2ccccc2)C(=O)NC[C@H](O)c2ccc(c([N+](=O)[O-])c2)O[C@H]2CCN(Cc3ccccc3)[C@H]12. The topological polar surface area (TPSA) is 134 Å². The van der Waals surface area contributed by atoms with Crippen LogP contribution >= 0.6 is 0 Å². The molecule has 3 N–H and O–H groups in total. The Bertz CT molecular complexity index is 1340. The highest BCUT2D eigenvalue weighted by molar-refractivity contribution is 5.90. The lowest BCUT2D eigenvalue weighted by atomic mass is 10.0. The Labute approximate surface area is 225 Å². The summed E-state index contributed by atoms with van der Waals surface area (Å²) >= 11 is 0. The maximum absolute atomic E-state index is 13.9. The quantitative estimate of drug-likeness (QED) is 0.341. The monoisotopic (exact) mass is 530 g/mol. The average molecular weight is 531 g/mol. The molecule has 0 unspecified atom stereocenters. The van der Waals surface area contributed by atoms with Gasteiger partial charge in [0.2, 0.25) is 11.8 Å². The second-order valence-corrected chi connectivity index (χ2v) is 9.84. The Morgan fingerprint density at radius 3 is 2.36 bits per heavy atom. The van der Waals surface area contributed by atoms with Crippen molar-refractivity contribution in [2.24, 2.45) is 0 Å². The largest absolute Gasteiger partial charge is 0.481 e. The maximum Gasteiger partial charge on any atom is 0.311 e. The van der Waals surface area contributed by atoms with Crippen molar-refractivity contribution in [1.82, 2.24) is 15.5 Å². The molecule has 0 spiro atoms. The van der Waals surface area contributed by atoms with E-state index in [1.807, 2.05) is 65.6 Å². The van der Waals surface area contributed by atoms with Gasteiger partial charge in [0.1, 0.15) is 18.2 Å². The summed E-state index contributed by atoms with van der Waals surface area (Å²) in [6.45, 7) is 0.822. The number of hydrogen-bond acceptors (Lipinski definition) is 7. The maximum atomic E-state index is 13.9. The van der Waals surface area contributed by atoms with Crippen LogP contribution in [-0.4, -0.2) is 58.0 Å². The number of carbonyl (C=O) groups excluding carboxylic acids is 2. The smallest absolute Gasteiger partial charge is 0.311 e. The lowest BCUT2D eigenvalue weighted by Crippen LogP contribution is -2.56. The molecule has 0 aromatic heterocycles. The number of amides is 2. The lowest BCUT2D eigenvalue weighted by molar-refractivity contribution is -0.386. The number of aliphatic hydroxyl groups excluding tert-OH is 1. The number of nitrogens with one attached hydrogen (secondary N) is 2. The van der Waals surface area contributed by atoms with Crippen LogP contribution in [-0.2, 0) is 22.6 Å². The lowest BCUT2D eigenvalue weighted by Gasteiger charge is -2.30. The molecule has 0 saturated carbocycles. The summed E-state index contributed by atoms with van der Waals surface area (Å²) in [6.07, 6.45) is -1.16. The Kier molecular flexibility index (Phi) is 7.85. The van der Waals surface area contributed by atoms with Gasteiger partial charge in [-0.2, -0.15) is 0 Å². The van der Waals surface area contributed by atoms with Crippen LogP contribution in [0, 0.1) is 10.1 Å². The number of aliphatic hydroxyl groups is 1. The van der Waals surface area contributed by atoms with Gasteiger partial charge in [-0.3, -0.25) is 24.6 Å². The van der Waals surface area contributed by atoms with Crippen LogP contribution in [0.2, 0.25) is 0 Å². The fraction of sp³-hybridized carbons (Fsp3) is 0.310. The molecule has 0 aliphatic carbocycles. The molecular formula is C29H30N4O6. The molecule has 3 aliphatic heterocycles. The molecule has 10 nitrogen and oxygen atoms in total. The summed E-state index contributed by atoms with van der Waals surface area (Å²) in [7, 11) is 0. The van der Waals surface area contributed by atoms with Crippen molar-refractivity contribution in [2.75, 3.05) is 13.1 Å². The third-order valence-corrected chi connectivity index (χ3v) is 7.17. The second-order valence-electron chi connectivity index (χ2n) is 9.84. The van der Waals surface area contributed by atoms with Gasteiger partial charge >= 0.3 is 5.69 Å². The molecular weight excluding hydrogens is 500 g/mol. The van der Waals surface area contributed by atoms with E-state index in [-0.39, 0.29) is 30.0 Å². The molecule has 10 heteroatoms. The van der Waals surface area contributed by atoms with Crippen LogP contribution in [0.25, 0.3) is 0 Å². The molecule has 1 saturated heterocycles. The van der Waals surface area contributed by atoms with Crippen molar-refractivity contribution < 1.29 is 24.4 Å². The van der Waals surface area contributed by atoms with Crippen molar-refractivity contribution >= 4 is 17.5 Å². The molecule has 202 valence electrons. The van der Waals surface area contributed by atoms with Crippen LogP contribution in [0.3, 0.4) is 0 Å². The van der Waals surface area contributed by atoms with Crippen molar-refractivity contribution in [1.29, 1.82) is 0 Å². The zero-order valence-corrected chi connectivity index (χ0v) is 21.2. The fourth-order valence-corrected chi connectivity index (χ4v) is 5.18. The van der Waals surface area contributed by atoms with Crippen LogP contribution in [0.1, 0.15) is 29.2 Å². The first-order chi connectivity index (χ1) is 18.9. The minimum atomic E-state index is -1.18. The number of fused-ring (bicyclic) bond motifs is 8. The first kappa shape index (κ1) is 26.3. The second kappa shape index (κ2) is 11.6. The highest BCUT2D eigenvalue weighted by Gasteiger charge is 2.43.